The maximum atomic E-state index is 11.1. The Kier molecular flexibility index (Phi) is 9.69. The highest BCUT2D eigenvalue weighted by Crippen LogP contribution is 2.03. The van der Waals surface area contributed by atoms with Crippen LogP contribution >= 0.6 is 0 Å². The molecular weight excluding hydrogens is 274 g/mol. The molecule has 0 aliphatic rings. The summed E-state index contributed by atoms with van der Waals surface area (Å²) in [6.45, 7) is 3.13. The van der Waals surface area contributed by atoms with Gasteiger partial charge in [0.1, 0.15) is 6.04 Å². The fourth-order valence-electron chi connectivity index (χ4n) is 1.77. The number of nitrogens with zero attached hydrogens (tertiary/aromatic N) is 1. The number of hydrogen-bond acceptors (Lipinski definition) is 4. The van der Waals surface area contributed by atoms with Crippen LogP contribution in [0.3, 0.4) is 0 Å². The largest absolute Gasteiger partial charge is 0.480 e. The minimum absolute atomic E-state index is 0.235. The first kappa shape index (κ1) is 19.0. The molecule has 0 amide bonds. The third kappa shape index (κ3) is 9.50. The summed E-state index contributed by atoms with van der Waals surface area (Å²) in [6, 6.07) is -0.553. The van der Waals surface area contributed by atoms with E-state index in [9.17, 15) is 4.79 Å². The van der Waals surface area contributed by atoms with E-state index in [0.717, 1.165) is 12.8 Å². The molecule has 0 saturated carbocycles. The zero-order valence-electron chi connectivity index (χ0n) is 12.5. The number of guanidine groups is 2. The van der Waals surface area contributed by atoms with Crippen molar-refractivity contribution in [2.24, 2.45) is 11.5 Å². The number of hydrogen-bond donors (Lipinski definition) is 7. The first-order valence-electron chi connectivity index (χ1n) is 7.06. The molecule has 0 rings (SSSR count). The summed E-state index contributed by atoms with van der Waals surface area (Å²) in [4.78, 5) is 11.1. The second-order valence-corrected chi connectivity index (χ2v) is 4.76. The summed E-state index contributed by atoms with van der Waals surface area (Å²) in [6.07, 6.45) is 3.78. The van der Waals surface area contributed by atoms with E-state index in [0.29, 0.717) is 32.4 Å². The maximum Gasteiger partial charge on any atom is 0.320 e. The molecule has 0 aromatic heterocycles. The number of nitrogens with two attached hydrogens (primary N) is 2. The van der Waals surface area contributed by atoms with Gasteiger partial charge < -0.3 is 21.9 Å². The van der Waals surface area contributed by atoms with Crippen molar-refractivity contribution in [1.29, 1.82) is 10.8 Å². The Morgan fingerprint density at radius 3 is 2.43 bits per heavy atom. The Balaban J connectivity index is 4.04. The Bertz CT molecular complexity index is 348. The molecule has 0 aromatic rings. The van der Waals surface area contributed by atoms with Crippen molar-refractivity contribution in [3.05, 3.63) is 0 Å². The molecule has 21 heavy (non-hydrogen) atoms. The zero-order chi connectivity index (χ0) is 16.3. The van der Waals surface area contributed by atoms with Gasteiger partial charge in [0.15, 0.2) is 0 Å². The number of hydrazine groups is 1. The van der Waals surface area contributed by atoms with Crippen LogP contribution in [0.4, 0.5) is 0 Å². The summed E-state index contributed by atoms with van der Waals surface area (Å²) < 4.78 is 0. The van der Waals surface area contributed by atoms with Gasteiger partial charge >= 0.3 is 5.97 Å². The molecule has 0 aliphatic heterocycles. The minimum Gasteiger partial charge on any atom is -0.480 e. The first-order valence-corrected chi connectivity index (χ1v) is 7.06. The van der Waals surface area contributed by atoms with Gasteiger partial charge in [0.25, 0.3) is 0 Å². The molecule has 0 aliphatic carbocycles. The van der Waals surface area contributed by atoms with Gasteiger partial charge in [-0.25, -0.2) is 0 Å². The summed E-state index contributed by atoms with van der Waals surface area (Å²) in [5, 5.41) is 27.8. The predicted molar refractivity (Wildman–Crippen MR) is 81.9 cm³/mol. The average molecular weight is 301 g/mol. The lowest BCUT2D eigenvalue weighted by molar-refractivity contribution is -0.139. The number of carbonyl (C=O) groups is 1. The van der Waals surface area contributed by atoms with Crippen LogP contribution in [-0.4, -0.2) is 47.1 Å². The monoisotopic (exact) mass is 301 g/mol. The van der Waals surface area contributed by atoms with Gasteiger partial charge in [0, 0.05) is 6.54 Å². The molecule has 0 spiro atoms. The number of nitrogens with one attached hydrogen (secondary N) is 4. The van der Waals surface area contributed by atoms with E-state index in [1.807, 2.05) is 0 Å². The van der Waals surface area contributed by atoms with Crippen LogP contribution in [0.25, 0.3) is 0 Å². The van der Waals surface area contributed by atoms with Crippen LogP contribution in [0, 0.1) is 10.8 Å². The van der Waals surface area contributed by atoms with Crippen LogP contribution in [0.1, 0.15) is 39.0 Å². The fraction of sp³-hybridized carbons (Fsp3) is 0.750. The molecule has 9 heteroatoms. The van der Waals surface area contributed by atoms with Gasteiger partial charge in [-0.3, -0.25) is 26.0 Å². The summed E-state index contributed by atoms with van der Waals surface area (Å²) in [7, 11) is 0. The average Bonchev–Trinajstić information content (AvgIpc) is 2.39. The predicted octanol–water partition coefficient (Wildman–Crippen LogP) is -0.407. The molecular formula is C12H27N7O2. The Morgan fingerprint density at radius 1 is 1.29 bits per heavy atom. The van der Waals surface area contributed by atoms with E-state index in [1.54, 1.807) is 0 Å². The van der Waals surface area contributed by atoms with Gasteiger partial charge in [-0.05, 0) is 32.2 Å². The lowest BCUT2D eigenvalue weighted by Gasteiger charge is -2.23. The second-order valence-electron chi connectivity index (χ2n) is 4.76. The lowest BCUT2D eigenvalue weighted by Crippen LogP contribution is -2.51. The molecule has 0 bridgehead atoms. The normalized spacial score (nSPS) is 11.7. The summed E-state index contributed by atoms with van der Waals surface area (Å²) in [5.74, 6) is -1.38. The summed E-state index contributed by atoms with van der Waals surface area (Å²) in [5.41, 5.74) is 13.0. The van der Waals surface area contributed by atoms with E-state index in [4.69, 9.17) is 27.4 Å². The van der Waals surface area contributed by atoms with Crippen molar-refractivity contribution >= 4 is 17.9 Å². The SMILES string of the molecule is CCCCN[C@H](CCCCN(NC(=N)N)C(=N)N)C(=O)O. The van der Waals surface area contributed by atoms with Gasteiger partial charge in [0.2, 0.25) is 11.9 Å². The molecule has 0 saturated heterocycles. The highest BCUT2D eigenvalue weighted by atomic mass is 16.4. The second kappa shape index (κ2) is 10.7. The van der Waals surface area contributed by atoms with E-state index < -0.39 is 12.0 Å². The fourth-order valence-corrected chi connectivity index (χ4v) is 1.77. The molecule has 0 aromatic carbocycles. The van der Waals surface area contributed by atoms with Crippen molar-refractivity contribution in [3.63, 3.8) is 0 Å². The third-order valence-corrected chi connectivity index (χ3v) is 2.89. The number of carboxylic acids is 1. The Morgan fingerprint density at radius 2 is 1.95 bits per heavy atom. The number of unbranched alkanes of at least 4 members (excludes halogenated alkanes) is 2. The quantitative estimate of drug-likeness (QED) is 0.125. The van der Waals surface area contributed by atoms with Crippen molar-refractivity contribution in [2.45, 2.75) is 45.1 Å². The molecule has 1 atom stereocenters. The van der Waals surface area contributed by atoms with E-state index in [-0.39, 0.29) is 11.9 Å². The number of rotatable bonds is 10. The Hall–Kier alpha value is -2.03. The van der Waals surface area contributed by atoms with Gasteiger partial charge in [-0.15, -0.1) is 0 Å². The lowest BCUT2D eigenvalue weighted by atomic mass is 10.1. The minimum atomic E-state index is -0.851. The zero-order valence-corrected chi connectivity index (χ0v) is 12.5. The first-order chi connectivity index (χ1) is 9.88. The topological polar surface area (TPSA) is 164 Å². The van der Waals surface area contributed by atoms with Crippen LogP contribution in [0.15, 0.2) is 0 Å². The van der Waals surface area contributed by atoms with Crippen LogP contribution < -0.4 is 22.2 Å². The van der Waals surface area contributed by atoms with Gasteiger partial charge in [0.05, 0.1) is 0 Å². The van der Waals surface area contributed by atoms with Crippen LogP contribution in [-0.2, 0) is 4.79 Å². The molecule has 0 fully saturated rings. The van der Waals surface area contributed by atoms with Gasteiger partial charge in [-0.2, -0.15) is 0 Å². The number of aliphatic carboxylic acids is 1. The van der Waals surface area contributed by atoms with Crippen molar-refractivity contribution in [2.75, 3.05) is 13.1 Å². The van der Waals surface area contributed by atoms with Crippen LogP contribution in [0.2, 0.25) is 0 Å². The van der Waals surface area contributed by atoms with E-state index in [1.165, 1.54) is 5.01 Å². The molecule has 122 valence electrons. The number of carboxylic acid groups (broad SMARTS) is 1. The van der Waals surface area contributed by atoms with Crippen molar-refractivity contribution in [3.8, 4) is 0 Å². The van der Waals surface area contributed by atoms with E-state index in [2.05, 4.69) is 17.7 Å². The molecule has 9 N–H and O–H groups in total. The van der Waals surface area contributed by atoms with Gasteiger partial charge in [-0.1, -0.05) is 13.3 Å². The summed E-state index contributed by atoms with van der Waals surface area (Å²) >= 11 is 0. The molecule has 0 unspecified atom stereocenters. The van der Waals surface area contributed by atoms with Crippen molar-refractivity contribution in [1.82, 2.24) is 15.8 Å². The standard InChI is InChI=1S/C12H27N7O2/c1-2-3-7-17-9(10(20)21)6-4-5-8-19(12(15)16)18-11(13)14/h9,17H,2-8H2,1H3,(H3,15,16)(H,20,21)(H4,13,14,18)/t9-/m1/s1. The third-order valence-electron chi connectivity index (χ3n) is 2.89. The maximum absolute atomic E-state index is 11.1. The molecule has 0 radical (unpaired) electrons. The molecule has 9 nitrogen and oxygen atoms in total. The highest BCUT2D eigenvalue weighted by Gasteiger charge is 2.16. The van der Waals surface area contributed by atoms with Crippen LogP contribution in [0.5, 0.6) is 0 Å². The Labute approximate surface area is 125 Å². The van der Waals surface area contributed by atoms with Crippen molar-refractivity contribution < 1.29 is 9.90 Å². The van der Waals surface area contributed by atoms with E-state index >= 15 is 0 Å². The highest BCUT2D eigenvalue weighted by molar-refractivity contribution is 5.80. The molecule has 0 heterocycles. The smallest absolute Gasteiger partial charge is 0.320 e.